The summed E-state index contributed by atoms with van der Waals surface area (Å²) in [5.41, 5.74) is 5.13. The van der Waals surface area contributed by atoms with Gasteiger partial charge in [-0.1, -0.05) is 6.92 Å². The maximum Gasteiger partial charge on any atom is 0.252 e. The van der Waals surface area contributed by atoms with Gasteiger partial charge in [-0.05, 0) is 0 Å². The quantitative estimate of drug-likeness (QED) is 0.556. The van der Waals surface area contributed by atoms with E-state index in [0.717, 1.165) is 0 Å². The first-order valence-electron chi connectivity index (χ1n) is 5.38. The molecular formula is C10H18N4O2. The molecule has 0 aromatic carbocycles. The minimum atomic E-state index is -0.141. The third-order valence-electron chi connectivity index (χ3n) is 1.94. The molecule has 1 rings (SSSR count). The lowest BCUT2D eigenvalue weighted by Gasteiger charge is -2.06. The average molecular weight is 226 g/mol. The number of nitrogens with zero attached hydrogens (tertiary/aromatic N) is 1. The first kappa shape index (κ1) is 12.7. The van der Waals surface area contributed by atoms with Crippen molar-refractivity contribution in [3.63, 3.8) is 0 Å². The summed E-state index contributed by atoms with van der Waals surface area (Å²) in [7, 11) is 0. The van der Waals surface area contributed by atoms with Crippen molar-refractivity contribution in [1.29, 1.82) is 0 Å². The van der Waals surface area contributed by atoms with Crippen LogP contribution in [0.3, 0.4) is 0 Å². The molecule has 0 saturated carbocycles. The Morgan fingerprint density at radius 1 is 1.56 bits per heavy atom. The van der Waals surface area contributed by atoms with Gasteiger partial charge in [0.05, 0.1) is 13.2 Å². The molecule has 0 radical (unpaired) electrons. The number of hydrogen-bond donors (Lipinski definition) is 3. The first-order valence-corrected chi connectivity index (χ1v) is 5.38. The van der Waals surface area contributed by atoms with Gasteiger partial charge in [-0.15, -0.1) is 0 Å². The Kier molecular flexibility index (Phi) is 5.52. The van der Waals surface area contributed by atoms with Crippen LogP contribution in [0.2, 0.25) is 0 Å². The van der Waals surface area contributed by atoms with E-state index in [-0.39, 0.29) is 5.56 Å². The van der Waals surface area contributed by atoms with E-state index in [9.17, 15) is 4.79 Å². The lowest BCUT2D eigenvalue weighted by atomic mass is 10.4. The summed E-state index contributed by atoms with van der Waals surface area (Å²) in [5.74, 6) is 1.26. The molecular weight excluding hydrogens is 208 g/mol. The fourth-order valence-electron chi connectivity index (χ4n) is 1.20. The third kappa shape index (κ3) is 4.41. The van der Waals surface area contributed by atoms with Crippen molar-refractivity contribution in [2.75, 3.05) is 31.6 Å². The Labute approximate surface area is 94.2 Å². The second-order valence-corrected chi connectivity index (χ2v) is 3.26. The standard InChI is InChI=1S/C10H18N4O2/c1-2-8-13-9(7-10(15)14-8)12-4-6-16-5-3-11/h7H,2-6,11H2,1H3,(H2,12,13,14,15). The molecule has 0 aliphatic heterocycles. The number of aromatic amines is 1. The summed E-state index contributed by atoms with van der Waals surface area (Å²) in [5, 5.41) is 3.02. The van der Waals surface area contributed by atoms with Crippen LogP contribution in [-0.2, 0) is 11.2 Å². The van der Waals surface area contributed by atoms with Crippen molar-refractivity contribution in [3.8, 4) is 0 Å². The zero-order valence-corrected chi connectivity index (χ0v) is 9.45. The topological polar surface area (TPSA) is 93.0 Å². The normalized spacial score (nSPS) is 10.4. The van der Waals surface area contributed by atoms with Gasteiger partial charge in [0.15, 0.2) is 0 Å². The van der Waals surface area contributed by atoms with Crippen LogP contribution in [0.4, 0.5) is 5.82 Å². The number of aromatic nitrogens is 2. The van der Waals surface area contributed by atoms with E-state index in [0.29, 0.717) is 44.4 Å². The molecule has 1 aromatic heterocycles. The smallest absolute Gasteiger partial charge is 0.252 e. The molecule has 6 nitrogen and oxygen atoms in total. The van der Waals surface area contributed by atoms with E-state index in [1.807, 2.05) is 6.92 Å². The van der Waals surface area contributed by atoms with Gasteiger partial charge in [0.1, 0.15) is 11.6 Å². The molecule has 90 valence electrons. The molecule has 0 spiro atoms. The number of hydrogen-bond acceptors (Lipinski definition) is 5. The highest BCUT2D eigenvalue weighted by atomic mass is 16.5. The van der Waals surface area contributed by atoms with Crippen LogP contribution in [0.1, 0.15) is 12.7 Å². The molecule has 16 heavy (non-hydrogen) atoms. The van der Waals surface area contributed by atoms with Gasteiger partial charge >= 0.3 is 0 Å². The summed E-state index contributed by atoms with van der Waals surface area (Å²) in [6.07, 6.45) is 0.703. The SMILES string of the molecule is CCc1nc(NCCOCCN)cc(=O)[nH]1. The number of nitrogens with one attached hydrogen (secondary N) is 2. The summed E-state index contributed by atoms with van der Waals surface area (Å²) < 4.78 is 5.19. The Bertz CT molecular complexity index is 364. The fraction of sp³-hybridized carbons (Fsp3) is 0.600. The molecule has 0 atom stereocenters. The average Bonchev–Trinajstić information content (AvgIpc) is 2.28. The van der Waals surface area contributed by atoms with E-state index in [4.69, 9.17) is 10.5 Å². The summed E-state index contributed by atoms with van der Waals surface area (Å²) in [6.45, 7) is 4.16. The molecule has 0 saturated heterocycles. The second-order valence-electron chi connectivity index (χ2n) is 3.26. The van der Waals surface area contributed by atoms with Crippen molar-refractivity contribution in [2.24, 2.45) is 5.73 Å². The van der Waals surface area contributed by atoms with Gasteiger partial charge in [-0.25, -0.2) is 4.98 Å². The molecule has 4 N–H and O–H groups in total. The predicted octanol–water partition coefficient (Wildman–Crippen LogP) is -0.280. The minimum absolute atomic E-state index is 0.141. The van der Waals surface area contributed by atoms with Gasteiger partial charge in [0, 0.05) is 25.6 Å². The van der Waals surface area contributed by atoms with Crippen LogP contribution in [0, 0.1) is 0 Å². The zero-order chi connectivity index (χ0) is 11.8. The van der Waals surface area contributed by atoms with Gasteiger partial charge in [0.25, 0.3) is 5.56 Å². The minimum Gasteiger partial charge on any atom is -0.378 e. The molecule has 0 aliphatic rings. The first-order chi connectivity index (χ1) is 7.76. The summed E-state index contributed by atoms with van der Waals surface area (Å²) >= 11 is 0. The zero-order valence-electron chi connectivity index (χ0n) is 9.45. The maximum atomic E-state index is 11.2. The van der Waals surface area contributed by atoms with Crippen molar-refractivity contribution in [2.45, 2.75) is 13.3 Å². The Hall–Kier alpha value is -1.40. The second kappa shape index (κ2) is 6.97. The number of anilines is 1. The van der Waals surface area contributed by atoms with Crippen LogP contribution in [-0.4, -0.2) is 36.3 Å². The van der Waals surface area contributed by atoms with E-state index in [1.54, 1.807) is 0 Å². The predicted molar refractivity (Wildman–Crippen MR) is 62.6 cm³/mol. The van der Waals surface area contributed by atoms with Crippen molar-refractivity contribution in [3.05, 3.63) is 22.2 Å². The van der Waals surface area contributed by atoms with Crippen molar-refractivity contribution < 1.29 is 4.74 Å². The lowest BCUT2D eigenvalue weighted by Crippen LogP contribution is -2.17. The largest absolute Gasteiger partial charge is 0.378 e. The highest BCUT2D eigenvalue weighted by Crippen LogP contribution is 1.98. The van der Waals surface area contributed by atoms with Crippen molar-refractivity contribution in [1.82, 2.24) is 9.97 Å². The van der Waals surface area contributed by atoms with Gasteiger partial charge in [0.2, 0.25) is 0 Å². The van der Waals surface area contributed by atoms with Crippen LogP contribution >= 0.6 is 0 Å². The van der Waals surface area contributed by atoms with Crippen molar-refractivity contribution >= 4 is 5.82 Å². The summed E-state index contributed by atoms with van der Waals surface area (Å²) in [6, 6.07) is 1.43. The van der Waals surface area contributed by atoms with Crippen LogP contribution in [0.5, 0.6) is 0 Å². The number of H-pyrrole nitrogens is 1. The van der Waals surface area contributed by atoms with E-state index in [2.05, 4.69) is 15.3 Å². The number of rotatable bonds is 7. The molecule has 0 amide bonds. The number of aryl methyl sites for hydroxylation is 1. The molecule has 0 bridgehead atoms. The molecule has 0 unspecified atom stereocenters. The highest BCUT2D eigenvalue weighted by Gasteiger charge is 1.98. The molecule has 1 aromatic rings. The molecule has 0 fully saturated rings. The van der Waals surface area contributed by atoms with Gasteiger partial charge in [-0.2, -0.15) is 0 Å². The Morgan fingerprint density at radius 3 is 3.06 bits per heavy atom. The highest BCUT2D eigenvalue weighted by molar-refractivity contribution is 5.32. The number of ether oxygens (including phenoxy) is 1. The maximum absolute atomic E-state index is 11.2. The molecule has 6 heteroatoms. The molecule has 1 heterocycles. The fourth-order valence-corrected chi connectivity index (χ4v) is 1.20. The summed E-state index contributed by atoms with van der Waals surface area (Å²) in [4.78, 5) is 18.1. The lowest BCUT2D eigenvalue weighted by molar-refractivity contribution is 0.151. The van der Waals surface area contributed by atoms with Gasteiger partial charge in [-0.3, -0.25) is 4.79 Å². The number of nitrogens with two attached hydrogens (primary N) is 1. The van der Waals surface area contributed by atoms with Crippen LogP contribution in [0.25, 0.3) is 0 Å². The molecule has 0 aliphatic carbocycles. The van der Waals surface area contributed by atoms with Crippen LogP contribution < -0.4 is 16.6 Å². The van der Waals surface area contributed by atoms with E-state index < -0.39 is 0 Å². The third-order valence-corrected chi connectivity index (χ3v) is 1.94. The Morgan fingerprint density at radius 2 is 2.38 bits per heavy atom. The van der Waals surface area contributed by atoms with Crippen LogP contribution in [0.15, 0.2) is 10.9 Å². The van der Waals surface area contributed by atoms with Gasteiger partial charge < -0.3 is 20.8 Å². The van der Waals surface area contributed by atoms with E-state index in [1.165, 1.54) is 6.07 Å². The monoisotopic (exact) mass is 226 g/mol. The Balaban J connectivity index is 2.41. The van der Waals surface area contributed by atoms with E-state index >= 15 is 0 Å².